The first-order valence-corrected chi connectivity index (χ1v) is 10.3. The largest absolute Gasteiger partial charge is 0.490 e. The molecule has 0 aromatic heterocycles. The summed E-state index contributed by atoms with van der Waals surface area (Å²) in [5.74, 6) is 0.209. The zero-order valence-electron chi connectivity index (χ0n) is 17.8. The predicted molar refractivity (Wildman–Crippen MR) is 116 cm³/mol. The molecule has 2 aromatic carbocycles. The van der Waals surface area contributed by atoms with E-state index in [1.807, 2.05) is 13.8 Å². The number of primary amides is 1. The standard InChI is InChI=1S/C23H27N3O5/c1-3-30-19-12-9-17(14-20(19)31-4-2)23(29)26(15-25-13-5-6-21(25)27)18-10-7-16(8-11-18)22(24)28/h7-12,14H,3-6,13,15H2,1-2H3,(H2,24,28). The number of likely N-dealkylation sites (tertiary alicyclic amines) is 1. The third kappa shape index (κ3) is 5.14. The number of rotatable bonds is 9. The minimum atomic E-state index is -0.549. The van der Waals surface area contributed by atoms with Gasteiger partial charge in [0.1, 0.15) is 6.67 Å². The molecule has 0 unspecified atom stereocenters. The molecule has 0 radical (unpaired) electrons. The van der Waals surface area contributed by atoms with Crippen LogP contribution in [0.5, 0.6) is 11.5 Å². The number of benzene rings is 2. The van der Waals surface area contributed by atoms with Crippen LogP contribution in [0.4, 0.5) is 5.69 Å². The van der Waals surface area contributed by atoms with E-state index in [-0.39, 0.29) is 18.5 Å². The molecule has 0 atom stereocenters. The summed E-state index contributed by atoms with van der Waals surface area (Å²) < 4.78 is 11.2. The van der Waals surface area contributed by atoms with E-state index in [1.165, 1.54) is 4.90 Å². The highest BCUT2D eigenvalue weighted by atomic mass is 16.5. The van der Waals surface area contributed by atoms with Crippen LogP contribution in [0.2, 0.25) is 0 Å². The van der Waals surface area contributed by atoms with Crippen molar-refractivity contribution < 1.29 is 23.9 Å². The minimum absolute atomic E-state index is 0.00764. The van der Waals surface area contributed by atoms with E-state index in [0.717, 1.165) is 6.42 Å². The summed E-state index contributed by atoms with van der Waals surface area (Å²) in [6.45, 7) is 5.34. The molecule has 1 aliphatic rings. The van der Waals surface area contributed by atoms with Gasteiger partial charge in [-0.25, -0.2) is 0 Å². The topological polar surface area (TPSA) is 102 Å². The number of carbonyl (C=O) groups excluding carboxylic acids is 3. The smallest absolute Gasteiger partial charge is 0.259 e. The molecular weight excluding hydrogens is 398 g/mol. The summed E-state index contributed by atoms with van der Waals surface area (Å²) >= 11 is 0. The fourth-order valence-electron chi connectivity index (χ4n) is 3.43. The van der Waals surface area contributed by atoms with Crippen LogP contribution in [0.25, 0.3) is 0 Å². The first kappa shape index (κ1) is 22.1. The Morgan fingerprint density at radius 3 is 2.23 bits per heavy atom. The van der Waals surface area contributed by atoms with Crippen LogP contribution in [0.1, 0.15) is 47.4 Å². The van der Waals surface area contributed by atoms with Crippen molar-refractivity contribution in [2.75, 3.05) is 31.3 Å². The first-order chi connectivity index (χ1) is 14.9. The lowest BCUT2D eigenvalue weighted by molar-refractivity contribution is -0.127. The van der Waals surface area contributed by atoms with Crippen LogP contribution >= 0.6 is 0 Å². The molecule has 2 aromatic rings. The van der Waals surface area contributed by atoms with Gasteiger partial charge in [-0.1, -0.05) is 0 Å². The maximum atomic E-state index is 13.5. The molecule has 3 rings (SSSR count). The molecule has 0 aliphatic carbocycles. The van der Waals surface area contributed by atoms with Crippen molar-refractivity contribution in [1.29, 1.82) is 0 Å². The Kier molecular flexibility index (Phi) is 7.12. The van der Waals surface area contributed by atoms with Crippen molar-refractivity contribution in [2.45, 2.75) is 26.7 Å². The van der Waals surface area contributed by atoms with Gasteiger partial charge in [-0.05, 0) is 62.7 Å². The van der Waals surface area contributed by atoms with Crippen molar-refractivity contribution in [3.8, 4) is 11.5 Å². The highest BCUT2D eigenvalue weighted by Crippen LogP contribution is 2.30. The van der Waals surface area contributed by atoms with Gasteiger partial charge in [0.05, 0.1) is 13.2 Å². The Morgan fingerprint density at radius 2 is 1.65 bits per heavy atom. The maximum absolute atomic E-state index is 13.5. The van der Waals surface area contributed by atoms with Crippen molar-refractivity contribution in [1.82, 2.24) is 4.90 Å². The van der Waals surface area contributed by atoms with Crippen molar-refractivity contribution >= 4 is 23.4 Å². The number of anilines is 1. The van der Waals surface area contributed by atoms with Crippen LogP contribution in [-0.2, 0) is 4.79 Å². The zero-order chi connectivity index (χ0) is 22.4. The van der Waals surface area contributed by atoms with E-state index in [9.17, 15) is 14.4 Å². The molecule has 8 nitrogen and oxygen atoms in total. The second-order valence-electron chi connectivity index (χ2n) is 7.07. The third-order valence-corrected chi connectivity index (χ3v) is 4.98. The summed E-state index contributed by atoms with van der Waals surface area (Å²) in [6, 6.07) is 11.4. The van der Waals surface area contributed by atoms with Gasteiger partial charge in [0.25, 0.3) is 5.91 Å². The molecule has 1 fully saturated rings. The second kappa shape index (κ2) is 9.97. The van der Waals surface area contributed by atoms with Gasteiger partial charge < -0.3 is 20.1 Å². The monoisotopic (exact) mass is 425 g/mol. The average molecular weight is 425 g/mol. The summed E-state index contributed by atoms with van der Waals surface area (Å²) in [5.41, 5.74) is 6.63. The molecule has 3 amide bonds. The molecule has 31 heavy (non-hydrogen) atoms. The maximum Gasteiger partial charge on any atom is 0.259 e. The van der Waals surface area contributed by atoms with E-state index >= 15 is 0 Å². The first-order valence-electron chi connectivity index (χ1n) is 10.3. The van der Waals surface area contributed by atoms with E-state index in [2.05, 4.69) is 0 Å². The number of carbonyl (C=O) groups is 3. The van der Waals surface area contributed by atoms with Gasteiger partial charge in [0, 0.05) is 29.8 Å². The van der Waals surface area contributed by atoms with Crippen molar-refractivity contribution in [3.05, 3.63) is 53.6 Å². The van der Waals surface area contributed by atoms with Crippen molar-refractivity contribution in [3.63, 3.8) is 0 Å². The van der Waals surface area contributed by atoms with E-state index < -0.39 is 5.91 Å². The fraction of sp³-hybridized carbons (Fsp3) is 0.348. The molecule has 0 bridgehead atoms. The number of nitrogens with two attached hydrogens (primary N) is 1. The Labute approximate surface area is 181 Å². The second-order valence-corrected chi connectivity index (χ2v) is 7.07. The number of nitrogens with zero attached hydrogens (tertiary/aromatic N) is 2. The molecule has 1 heterocycles. The Balaban J connectivity index is 1.95. The number of hydrogen-bond donors (Lipinski definition) is 1. The highest BCUT2D eigenvalue weighted by molar-refractivity contribution is 6.07. The van der Waals surface area contributed by atoms with Crippen LogP contribution in [-0.4, -0.2) is 49.0 Å². The van der Waals surface area contributed by atoms with E-state index in [0.29, 0.717) is 54.5 Å². The number of ether oxygens (including phenoxy) is 2. The summed E-state index contributed by atoms with van der Waals surface area (Å²) in [7, 11) is 0. The molecule has 8 heteroatoms. The van der Waals surface area contributed by atoms with Crippen LogP contribution in [0.3, 0.4) is 0 Å². The van der Waals surface area contributed by atoms with E-state index in [4.69, 9.17) is 15.2 Å². The highest BCUT2D eigenvalue weighted by Gasteiger charge is 2.27. The van der Waals surface area contributed by atoms with Crippen molar-refractivity contribution in [2.24, 2.45) is 5.73 Å². The molecule has 2 N–H and O–H groups in total. The summed E-state index contributed by atoms with van der Waals surface area (Å²) in [4.78, 5) is 40.2. The molecule has 164 valence electrons. The molecule has 1 saturated heterocycles. The average Bonchev–Trinajstić information content (AvgIpc) is 3.17. The molecule has 1 aliphatic heterocycles. The van der Waals surface area contributed by atoms with Gasteiger partial charge in [-0.15, -0.1) is 0 Å². The fourth-order valence-corrected chi connectivity index (χ4v) is 3.43. The lowest BCUT2D eigenvalue weighted by Gasteiger charge is -2.28. The van der Waals surface area contributed by atoms with Gasteiger partial charge in [0.2, 0.25) is 11.8 Å². The van der Waals surface area contributed by atoms with Crippen LogP contribution in [0, 0.1) is 0 Å². The molecule has 0 saturated carbocycles. The molecular formula is C23H27N3O5. The third-order valence-electron chi connectivity index (χ3n) is 4.98. The van der Waals surface area contributed by atoms with Gasteiger partial charge in [-0.2, -0.15) is 0 Å². The molecule has 0 spiro atoms. The lowest BCUT2D eigenvalue weighted by atomic mass is 10.1. The zero-order valence-corrected chi connectivity index (χ0v) is 17.8. The summed E-state index contributed by atoms with van der Waals surface area (Å²) in [6.07, 6.45) is 1.24. The van der Waals surface area contributed by atoms with Gasteiger partial charge >= 0.3 is 0 Å². The van der Waals surface area contributed by atoms with Crippen LogP contribution in [0.15, 0.2) is 42.5 Å². The number of amides is 3. The lowest BCUT2D eigenvalue weighted by Crippen LogP contribution is -2.42. The van der Waals surface area contributed by atoms with Gasteiger partial charge in [0.15, 0.2) is 11.5 Å². The quantitative estimate of drug-likeness (QED) is 0.666. The normalized spacial score (nSPS) is 13.2. The number of hydrogen-bond acceptors (Lipinski definition) is 5. The Morgan fingerprint density at radius 1 is 1.00 bits per heavy atom. The van der Waals surface area contributed by atoms with Crippen LogP contribution < -0.4 is 20.1 Å². The Hall–Kier alpha value is -3.55. The predicted octanol–water partition coefficient (Wildman–Crippen LogP) is 2.81. The Bertz CT molecular complexity index is 958. The van der Waals surface area contributed by atoms with E-state index in [1.54, 1.807) is 47.4 Å². The van der Waals surface area contributed by atoms with Gasteiger partial charge in [-0.3, -0.25) is 19.3 Å². The summed E-state index contributed by atoms with van der Waals surface area (Å²) in [5, 5.41) is 0. The minimum Gasteiger partial charge on any atom is -0.490 e. The SMILES string of the molecule is CCOc1ccc(C(=O)N(CN2CCCC2=O)c2ccc(C(N)=O)cc2)cc1OCC.